The molecule has 1 fully saturated rings. The first kappa shape index (κ1) is 11.2. The Bertz CT molecular complexity index is 322. The van der Waals surface area contributed by atoms with Crippen LogP contribution >= 0.6 is 0 Å². The standard InChI is InChI=1S/C12H16O4/c1-14-11-3-2-8-15-12(11)16-10-6-4-9(13)5-7-10/h4-7,11-13H,2-3,8H2,1H3/t11-,12?/m0/s1. The molecule has 88 valence electrons. The number of rotatable bonds is 3. The lowest BCUT2D eigenvalue weighted by atomic mass is 10.1. The van der Waals surface area contributed by atoms with E-state index in [1.54, 1.807) is 31.4 Å². The van der Waals surface area contributed by atoms with Crippen LogP contribution in [0.15, 0.2) is 24.3 Å². The highest BCUT2D eigenvalue weighted by Gasteiger charge is 2.27. The van der Waals surface area contributed by atoms with Crippen molar-refractivity contribution in [3.63, 3.8) is 0 Å². The molecule has 2 atom stereocenters. The maximum Gasteiger partial charge on any atom is 0.226 e. The van der Waals surface area contributed by atoms with Crippen LogP contribution in [0.25, 0.3) is 0 Å². The predicted molar refractivity (Wildman–Crippen MR) is 58.5 cm³/mol. The van der Waals surface area contributed by atoms with Gasteiger partial charge in [-0.2, -0.15) is 0 Å². The van der Waals surface area contributed by atoms with Crippen molar-refractivity contribution < 1.29 is 19.3 Å². The summed E-state index contributed by atoms with van der Waals surface area (Å²) in [5.41, 5.74) is 0. The Hall–Kier alpha value is -1.26. The number of hydrogen-bond donors (Lipinski definition) is 1. The molecule has 1 saturated heterocycles. The molecule has 1 aliphatic heterocycles. The highest BCUT2D eigenvalue weighted by molar-refractivity contribution is 5.30. The number of benzene rings is 1. The summed E-state index contributed by atoms with van der Waals surface area (Å²) in [6, 6.07) is 6.58. The van der Waals surface area contributed by atoms with Gasteiger partial charge in [-0.25, -0.2) is 0 Å². The van der Waals surface area contributed by atoms with E-state index >= 15 is 0 Å². The summed E-state index contributed by atoms with van der Waals surface area (Å²) in [5.74, 6) is 0.895. The lowest BCUT2D eigenvalue weighted by Gasteiger charge is -2.30. The first-order valence-electron chi connectivity index (χ1n) is 5.39. The van der Waals surface area contributed by atoms with Crippen molar-refractivity contribution in [2.24, 2.45) is 0 Å². The summed E-state index contributed by atoms with van der Waals surface area (Å²) >= 11 is 0. The van der Waals surface area contributed by atoms with Crippen molar-refractivity contribution in [2.75, 3.05) is 13.7 Å². The van der Waals surface area contributed by atoms with Gasteiger partial charge < -0.3 is 19.3 Å². The Morgan fingerprint density at radius 1 is 1.31 bits per heavy atom. The second-order valence-corrected chi connectivity index (χ2v) is 3.77. The molecule has 1 aromatic rings. The lowest BCUT2D eigenvalue weighted by molar-refractivity contribution is -0.179. The fourth-order valence-electron chi connectivity index (χ4n) is 1.73. The Morgan fingerprint density at radius 2 is 2.06 bits per heavy atom. The van der Waals surface area contributed by atoms with Crippen LogP contribution in [0.3, 0.4) is 0 Å². The van der Waals surface area contributed by atoms with Crippen LogP contribution < -0.4 is 4.74 Å². The molecule has 0 spiro atoms. The minimum Gasteiger partial charge on any atom is -0.508 e. The average Bonchev–Trinajstić information content (AvgIpc) is 2.33. The summed E-state index contributed by atoms with van der Waals surface area (Å²) in [7, 11) is 1.66. The molecule has 0 aromatic heterocycles. The summed E-state index contributed by atoms with van der Waals surface area (Å²) in [5, 5.41) is 9.15. The van der Waals surface area contributed by atoms with Crippen LogP contribution in [0.4, 0.5) is 0 Å². The lowest BCUT2D eigenvalue weighted by Crippen LogP contribution is -2.39. The second-order valence-electron chi connectivity index (χ2n) is 3.77. The van der Waals surface area contributed by atoms with Gasteiger partial charge in [-0.1, -0.05) is 0 Å². The second kappa shape index (κ2) is 5.18. The molecule has 2 rings (SSSR count). The number of phenolic OH excluding ortho intramolecular Hbond substituents is 1. The van der Waals surface area contributed by atoms with Crippen molar-refractivity contribution in [3.8, 4) is 11.5 Å². The van der Waals surface area contributed by atoms with Gasteiger partial charge in [0.15, 0.2) is 0 Å². The molecule has 1 aromatic carbocycles. The first-order chi connectivity index (χ1) is 7.79. The van der Waals surface area contributed by atoms with Crippen LogP contribution in [0, 0.1) is 0 Å². The maximum absolute atomic E-state index is 9.15. The third-order valence-electron chi connectivity index (χ3n) is 2.61. The zero-order valence-corrected chi connectivity index (χ0v) is 9.26. The number of ether oxygens (including phenoxy) is 3. The van der Waals surface area contributed by atoms with Gasteiger partial charge in [-0.3, -0.25) is 0 Å². The van der Waals surface area contributed by atoms with Gasteiger partial charge in [-0.05, 0) is 37.1 Å². The smallest absolute Gasteiger partial charge is 0.226 e. The molecule has 1 N–H and O–H groups in total. The summed E-state index contributed by atoms with van der Waals surface area (Å²) in [6.45, 7) is 0.697. The summed E-state index contributed by atoms with van der Waals surface area (Å²) < 4.78 is 16.5. The number of methoxy groups -OCH3 is 1. The Kier molecular flexibility index (Phi) is 3.64. The maximum atomic E-state index is 9.15. The van der Waals surface area contributed by atoms with Crippen molar-refractivity contribution in [3.05, 3.63) is 24.3 Å². The summed E-state index contributed by atoms with van der Waals surface area (Å²) in [4.78, 5) is 0. The molecule has 0 aliphatic carbocycles. The van der Waals surface area contributed by atoms with Gasteiger partial charge in [0.2, 0.25) is 6.29 Å². The third-order valence-corrected chi connectivity index (χ3v) is 2.61. The summed E-state index contributed by atoms with van der Waals surface area (Å²) in [6.07, 6.45) is 1.55. The largest absolute Gasteiger partial charge is 0.508 e. The normalized spacial score (nSPS) is 25.3. The molecule has 16 heavy (non-hydrogen) atoms. The molecule has 0 saturated carbocycles. The highest BCUT2D eigenvalue weighted by Crippen LogP contribution is 2.22. The van der Waals surface area contributed by atoms with Gasteiger partial charge in [0.05, 0.1) is 6.61 Å². The topological polar surface area (TPSA) is 47.9 Å². The van der Waals surface area contributed by atoms with Crippen LogP contribution in [-0.4, -0.2) is 31.2 Å². The van der Waals surface area contributed by atoms with Crippen LogP contribution in [0.5, 0.6) is 11.5 Å². The van der Waals surface area contributed by atoms with E-state index in [-0.39, 0.29) is 18.1 Å². The van der Waals surface area contributed by atoms with Crippen molar-refractivity contribution in [1.29, 1.82) is 0 Å². The molecule has 0 amide bonds. The quantitative estimate of drug-likeness (QED) is 0.852. The molecule has 1 heterocycles. The Labute approximate surface area is 94.8 Å². The molecular formula is C12H16O4. The molecule has 1 aliphatic rings. The van der Waals surface area contributed by atoms with Crippen molar-refractivity contribution in [2.45, 2.75) is 25.2 Å². The molecule has 0 bridgehead atoms. The minimum absolute atomic E-state index is 0.0254. The highest BCUT2D eigenvalue weighted by atomic mass is 16.7. The van der Waals surface area contributed by atoms with Gasteiger partial charge in [0, 0.05) is 7.11 Å². The molecular weight excluding hydrogens is 208 g/mol. The SMILES string of the molecule is CO[C@H]1CCCOC1Oc1ccc(O)cc1. The minimum atomic E-state index is -0.358. The van der Waals surface area contributed by atoms with Crippen LogP contribution in [0.1, 0.15) is 12.8 Å². The van der Waals surface area contributed by atoms with E-state index in [1.807, 2.05) is 0 Å². The van der Waals surface area contributed by atoms with Crippen LogP contribution in [-0.2, 0) is 9.47 Å². The van der Waals surface area contributed by atoms with E-state index in [4.69, 9.17) is 19.3 Å². The van der Waals surface area contributed by atoms with Crippen molar-refractivity contribution >= 4 is 0 Å². The molecule has 0 radical (unpaired) electrons. The van der Waals surface area contributed by atoms with E-state index in [2.05, 4.69) is 0 Å². The van der Waals surface area contributed by atoms with E-state index in [0.717, 1.165) is 12.8 Å². The van der Waals surface area contributed by atoms with Gasteiger partial charge >= 0.3 is 0 Å². The van der Waals surface area contributed by atoms with Gasteiger partial charge in [0.25, 0.3) is 0 Å². The van der Waals surface area contributed by atoms with Crippen molar-refractivity contribution in [1.82, 2.24) is 0 Å². The molecule has 4 nitrogen and oxygen atoms in total. The fraction of sp³-hybridized carbons (Fsp3) is 0.500. The molecule has 1 unspecified atom stereocenters. The Morgan fingerprint density at radius 3 is 2.75 bits per heavy atom. The van der Waals surface area contributed by atoms with E-state index in [0.29, 0.717) is 12.4 Å². The zero-order chi connectivity index (χ0) is 11.4. The van der Waals surface area contributed by atoms with Gasteiger partial charge in [0.1, 0.15) is 17.6 Å². The van der Waals surface area contributed by atoms with Gasteiger partial charge in [-0.15, -0.1) is 0 Å². The van der Waals surface area contributed by atoms with E-state index in [1.165, 1.54) is 0 Å². The van der Waals surface area contributed by atoms with E-state index < -0.39 is 0 Å². The zero-order valence-electron chi connectivity index (χ0n) is 9.26. The number of phenols is 1. The first-order valence-corrected chi connectivity index (χ1v) is 5.39. The number of hydrogen-bond acceptors (Lipinski definition) is 4. The monoisotopic (exact) mass is 224 g/mol. The predicted octanol–water partition coefficient (Wildman–Crippen LogP) is 1.92. The van der Waals surface area contributed by atoms with E-state index in [9.17, 15) is 0 Å². The Balaban J connectivity index is 1.99. The third kappa shape index (κ3) is 2.65. The average molecular weight is 224 g/mol. The molecule has 4 heteroatoms. The number of aromatic hydroxyl groups is 1. The fourth-order valence-corrected chi connectivity index (χ4v) is 1.73. The van der Waals surface area contributed by atoms with Crippen LogP contribution in [0.2, 0.25) is 0 Å².